The summed E-state index contributed by atoms with van der Waals surface area (Å²) in [5.74, 6) is -2.10. The Morgan fingerprint density at radius 2 is 1.05 bits per heavy atom. The average Bonchev–Trinajstić information content (AvgIpc) is 2.49. The second-order valence-corrected chi connectivity index (χ2v) is 5.61. The summed E-state index contributed by atoms with van der Waals surface area (Å²) in [6, 6.07) is 17.3. The van der Waals surface area contributed by atoms with E-state index < -0.39 is 22.4 Å². The van der Waals surface area contributed by atoms with E-state index in [0.29, 0.717) is 11.1 Å². The fourth-order valence-corrected chi connectivity index (χ4v) is 3.08. The second kappa shape index (κ2) is 6.95. The van der Waals surface area contributed by atoms with Gasteiger partial charge in [-0.2, -0.15) is 0 Å². The summed E-state index contributed by atoms with van der Waals surface area (Å²) < 4.78 is 0. The fourth-order valence-electron chi connectivity index (χ4n) is 1.95. The number of hydrogen-bond donors (Lipinski definition) is 2. The molecule has 0 spiro atoms. The van der Waals surface area contributed by atoms with E-state index in [0.717, 1.165) is 11.8 Å². The Labute approximate surface area is 126 Å². The molecule has 0 radical (unpaired) electrons. The summed E-state index contributed by atoms with van der Waals surface area (Å²) in [7, 11) is 0. The van der Waals surface area contributed by atoms with Gasteiger partial charge in [0.2, 0.25) is 0 Å². The van der Waals surface area contributed by atoms with E-state index in [9.17, 15) is 19.8 Å². The largest absolute Gasteiger partial charge is 0.480 e. The fraction of sp³-hybridized carbons (Fsp3) is 0.125. The van der Waals surface area contributed by atoms with E-state index in [2.05, 4.69) is 0 Å². The monoisotopic (exact) mass is 302 g/mol. The maximum absolute atomic E-state index is 11.5. The van der Waals surface area contributed by atoms with Crippen LogP contribution in [0.1, 0.15) is 21.6 Å². The Morgan fingerprint density at radius 3 is 1.33 bits per heavy atom. The number of carboxylic acids is 2. The van der Waals surface area contributed by atoms with E-state index in [1.165, 1.54) is 0 Å². The molecule has 0 aliphatic carbocycles. The van der Waals surface area contributed by atoms with Gasteiger partial charge in [-0.1, -0.05) is 60.7 Å². The molecule has 0 saturated carbocycles. The van der Waals surface area contributed by atoms with Crippen molar-refractivity contribution in [2.45, 2.75) is 10.5 Å². The molecule has 0 fully saturated rings. The zero-order chi connectivity index (χ0) is 15.2. The molecule has 0 bridgehead atoms. The van der Waals surface area contributed by atoms with Crippen LogP contribution in [0.3, 0.4) is 0 Å². The second-order valence-electron chi connectivity index (χ2n) is 4.39. The topological polar surface area (TPSA) is 74.6 Å². The number of thioether (sulfide) groups is 1. The summed E-state index contributed by atoms with van der Waals surface area (Å²) in [6.07, 6.45) is 0. The molecule has 21 heavy (non-hydrogen) atoms. The van der Waals surface area contributed by atoms with Gasteiger partial charge in [0.1, 0.15) is 10.5 Å². The highest BCUT2D eigenvalue weighted by Crippen LogP contribution is 2.40. The highest BCUT2D eigenvalue weighted by molar-refractivity contribution is 8.01. The van der Waals surface area contributed by atoms with Gasteiger partial charge < -0.3 is 10.2 Å². The van der Waals surface area contributed by atoms with Crippen LogP contribution in [0.25, 0.3) is 0 Å². The molecule has 108 valence electrons. The van der Waals surface area contributed by atoms with Crippen molar-refractivity contribution in [3.05, 3.63) is 71.8 Å². The smallest absolute Gasteiger partial charge is 0.321 e. The highest BCUT2D eigenvalue weighted by Gasteiger charge is 2.29. The summed E-state index contributed by atoms with van der Waals surface area (Å²) in [5.41, 5.74) is 1.16. The molecule has 0 saturated heterocycles. The molecule has 0 amide bonds. The van der Waals surface area contributed by atoms with Gasteiger partial charge >= 0.3 is 11.9 Å². The summed E-state index contributed by atoms with van der Waals surface area (Å²) in [4.78, 5) is 23.0. The summed E-state index contributed by atoms with van der Waals surface area (Å²) in [5, 5.41) is 16.9. The van der Waals surface area contributed by atoms with Crippen LogP contribution < -0.4 is 0 Å². The predicted molar refractivity (Wildman–Crippen MR) is 81.2 cm³/mol. The zero-order valence-corrected chi connectivity index (χ0v) is 11.9. The minimum Gasteiger partial charge on any atom is -0.480 e. The molecule has 0 heterocycles. The van der Waals surface area contributed by atoms with E-state index in [1.54, 1.807) is 60.7 Å². The van der Waals surface area contributed by atoms with Crippen LogP contribution in [-0.4, -0.2) is 22.2 Å². The van der Waals surface area contributed by atoms with Crippen LogP contribution in [0.15, 0.2) is 60.7 Å². The number of benzene rings is 2. The molecule has 2 aromatic carbocycles. The molecule has 5 heteroatoms. The van der Waals surface area contributed by atoms with E-state index in [-0.39, 0.29) is 0 Å². The highest BCUT2D eigenvalue weighted by atomic mass is 32.2. The SMILES string of the molecule is O=C(O)C(SC(C(=O)O)c1ccccc1)c1ccccc1. The van der Waals surface area contributed by atoms with Gasteiger partial charge in [-0.25, -0.2) is 0 Å². The van der Waals surface area contributed by atoms with Gasteiger partial charge in [-0.3, -0.25) is 9.59 Å². The van der Waals surface area contributed by atoms with Gasteiger partial charge in [0.05, 0.1) is 0 Å². The molecule has 0 aliphatic rings. The molecule has 0 aromatic heterocycles. The molecule has 2 N–H and O–H groups in total. The number of carbonyl (C=O) groups is 2. The Morgan fingerprint density at radius 1 is 0.714 bits per heavy atom. The quantitative estimate of drug-likeness (QED) is 0.855. The van der Waals surface area contributed by atoms with Gasteiger partial charge in [0, 0.05) is 0 Å². The van der Waals surface area contributed by atoms with Crippen LogP contribution in [0.5, 0.6) is 0 Å². The standard InChI is InChI=1S/C16H14O4S/c17-15(18)13(11-7-3-1-4-8-11)21-14(16(19)20)12-9-5-2-6-10-12/h1-10,13-14H,(H,17,18)(H,19,20). The number of carboxylic acid groups (broad SMARTS) is 2. The maximum atomic E-state index is 11.5. The van der Waals surface area contributed by atoms with Crippen LogP contribution in [0, 0.1) is 0 Å². The molecule has 2 atom stereocenters. The third-order valence-electron chi connectivity index (χ3n) is 2.93. The Hall–Kier alpha value is -2.27. The number of rotatable bonds is 6. The van der Waals surface area contributed by atoms with Crippen molar-refractivity contribution in [2.75, 3.05) is 0 Å². The van der Waals surface area contributed by atoms with Crippen molar-refractivity contribution in [2.24, 2.45) is 0 Å². The molecule has 2 unspecified atom stereocenters. The maximum Gasteiger partial charge on any atom is 0.321 e. The first-order valence-electron chi connectivity index (χ1n) is 6.30. The van der Waals surface area contributed by atoms with Crippen molar-refractivity contribution in [3.63, 3.8) is 0 Å². The van der Waals surface area contributed by atoms with Crippen LogP contribution in [0.2, 0.25) is 0 Å². The van der Waals surface area contributed by atoms with Crippen LogP contribution in [0.4, 0.5) is 0 Å². The minimum atomic E-state index is -1.05. The number of aliphatic carboxylic acids is 2. The molecular weight excluding hydrogens is 288 g/mol. The average molecular weight is 302 g/mol. The van der Waals surface area contributed by atoms with Crippen molar-refractivity contribution in [1.29, 1.82) is 0 Å². The minimum absolute atomic E-state index is 0.581. The van der Waals surface area contributed by atoms with Crippen molar-refractivity contribution < 1.29 is 19.8 Å². The normalized spacial score (nSPS) is 13.3. The molecular formula is C16H14O4S. The van der Waals surface area contributed by atoms with Crippen molar-refractivity contribution in [1.82, 2.24) is 0 Å². The van der Waals surface area contributed by atoms with Gasteiger partial charge in [0.25, 0.3) is 0 Å². The molecule has 2 aromatic rings. The lowest BCUT2D eigenvalue weighted by Gasteiger charge is -2.18. The first-order chi connectivity index (χ1) is 10.1. The lowest BCUT2D eigenvalue weighted by Crippen LogP contribution is -2.15. The summed E-state index contributed by atoms with van der Waals surface area (Å²) >= 11 is 0.913. The van der Waals surface area contributed by atoms with Gasteiger partial charge in [-0.05, 0) is 11.1 Å². The first kappa shape index (κ1) is 15.1. The summed E-state index contributed by atoms with van der Waals surface area (Å²) in [6.45, 7) is 0. The lowest BCUT2D eigenvalue weighted by molar-refractivity contribution is -0.136. The number of hydrogen-bond acceptors (Lipinski definition) is 3. The third-order valence-corrected chi connectivity index (χ3v) is 4.42. The first-order valence-corrected chi connectivity index (χ1v) is 7.25. The molecule has 4 nitrogen and oxygen atoms in total. The van der Waals surface area contributed by atoms with Crippen LogP contribution >= 0.6 is 11.8 Å². The lowest BCUT2D eigenvalue weighted by atomic mass is 10.1. The zero-order valence-electron chi connectivity index (χ0n) is 11.0. The third kappa shape index (κ3) is 3.86. The predicted octanol–water partition coefficient (Wildman–Crippen LogP) is 3.37. The van der Waals surface area contributed by atoms with Gasteiger partial charge in [0.15, 0.2) is 0 Å². The Bertz CT molecular complexity index is 557. The van der Waals surface area contributed by atoms with Crippen molar-refractivity contribution >= 4 is 23.7 Å². The van der Waals surface area contributed by atoms with Gasteiger partial charge in [-0.15, -0.1) is 11.8 Å². The molecule has 2 rings (SSSR count). The molecule has 0 aliphatic heterocycles. The Balaban J connectivity index is 2.30. The van der Waals surface area contributed by atoms with Crippen LogP contribution in [-0.2, 0) is 9.59 Å². The van der Waals surface area contributed by atoms with Crippen molar-refractivity contribution in [3.8, 4) is 0 Å². The van der Waals surface area contributed by atoms with E-state index in [1.807, 2.05) is 0 Å². The Kier molecular flexibility index (Phi) is 5.00. The van der Waals surface area contributed by atoms with E-state index in [4.69, 9.17) is 0 Å². The van der Waals surface area contributed by atoms with E-state index >= 15 is 0 Å².